The fourth-order valence-electron chi connectivity index (χ4n) is 2.24. The van der Waals surface area contributed by atoms with Crippen LogP contribution in [0.3, 0.4) is 0 Å². The molecule has 0 fully saturated rings. The standard InChI is InChI=1S/C19H21NO5/c1-5-6-14-11-16(18(23-3)17(20-14)19(21)24-4)25-12-13-7-9-15(22-2)10-8-13/h5,7-11H,1,6,12H2,2-4H3. The summed E-state index contributed by atoms with van der Waals surface area (Å²) in [6.45, 7) is 4.00. The van der Waals surface area contributed by atoms with Gasteiger partial charge in [0.05, 0.1) is 21.3 Å². The molecule has 0 aliphatic rings. The van der Waals surface area contributed by atoms with Crippen LogP contribution in [0.1, 0.15) is 21.7 Å². The van der Waals surface area contributed by atoms with Crippen LogP contribution in [-0.2, 0) is 17.8 Å². The number of carbonyl (C=O) groups is 1. The molecule has 2 aromatic rings. The largest absolute Gasteiger partial charge is 0.497 e. The van der Waals surface area contributed by atoms with Crippen LogP contribution < -0.4 is 14.2 Å². The number of ether oxygens (including phenoxy) is 4. The van der Waals surface area contributed by atoms with Gasteiger partial charge in [-0.1, -0.05) is 18.2 Å². The van der Waals surface area contributed by atoms with E-state index in [1.165, 1.54) is 14.2 Å². The Kier molecular flexibility index (Phi) is 6.39. The first-order chi connectivity index (χ1) is 12.1. The molecule has 132 valence electrons. The summed E-state index contributed by atoms with van der Waals surface area (Å²) in [5.41, 5.74) is 1.67. The van der Waals surface area contributed by atoms with Crippen LogP contribution in [0.15, 0.2) is 43.0 Å². The molecule has 1 aromatic carbocycles. The van der Waals surface area contributed by atoms with Crippen LogP contribution in [0.2, 0.25) is 0 Å². The summed E-state index contributed by atoms with van der Waals surface area (Å²) in [6.07, 6.45) is 2.19. The minimum absolute atomic E-state index is 0.0779. The maximum absolute atomic E-state index is 12.0. The first kappa shape index (κ1) is 18.3. The van der Waals surface area contributed by atoms with Crippen LogP contribution in [0, 0.1) is 0 Å². The third-order valence-electron chi connectivity index (χ3n) is 3.48. The normalized spacial score (nSPS) is 10.0. The molecule has 0 unspecified atom stereocenters. The van der Waals surface area contributed by atoms with Crippen LogP contribution in [0.4, 0.5) is 0 Å². The number of pyridine rings is 1. The number of nitrogens with zero attached hydrogens (tertiary/aromatic N) is 1. The van der Waals surface area contributed by atoms with Crippen LogP contribution in [-0.4, -0.2) is 32.3 Å². The number of benzene rings is 1. The molecule has 0 saturated heterocycles. The summed E-state index contributed by atoms with van der Waals surface area (Å²) in [6, 6.07) is 9.24. The van der Waals surface area contributed by atoms with Crippen molar-refractivity contribution in [2.75, 3.05) is 21.3 Å². The Morgan fingerprint density at radius 3 is 2.44 bits per heavy atom. The highest BCUT2D eigenvalue weighted by molar-refractivity contribution is 5.91. The fourth-order valence-corrected chi connectivity index (χ4v) is 2.24. The average molecular weight is 343 g/mol. The highest BCUT2D eigenvalue weighted by atomic mass is 16.5. The molecule has 0 bridgehead atoms. The third-order valence-corrected chi connectivity index (χ3v) is 3.48. The Morgan fingerprint density at radius 2 is 1.88 bits per heavy atom. The minimum Gasteiger partial charge on any atom is -0.497 e. The quantitative estimate of drug-likeness (QED) is 0.542. The molecule has 0 saturated carbocycles. The lowest BCUT2D eigenvalue weighted by molar-refractivity contribution is 0.0588. The molecule has 0 aliphatic heterocycles. The summed E-state index contributed by atoms with van der Waals surface area (Å²) in [7, 11) is 4.36. The molecule has 25 heavy (non-hydrogen) atoms. The molecule has 2 rings (SSSR count). The number of carbonyl (C=O) groups excluding carboxylic acids is 1. The smallest absolute Gasteiger partial charge is 0.360 e. The van der Waals surface area contributed by atoms with Crippen LogP contribution >= 0.6 is 0 Å². The van der Waals surface area contributed by atoms with Crippen molar-refractivity contribution in [3.63, 3.8) is 0 Å². The van der Waals surface area contributed by atoms with E-state index in [4.69, 9.17) is 18.9 Å². The molecule has 0 amide bonds. The molecule has 6 nitrogen and oxygen atoms in total. The lowest BCUT2D eigenvalue weighted by atomic mass is 10.2. The Balaban J connectivity index is 2.31. The number of hydrogen-bond donors (Lipinski definition) is 0. The van der Waals surface area contributed by atoms with Crippen LogP contribution in [0.5, 0.6) is 17.2 Å². The monoisotopic (exact) mass is 343 g/mol. The minimum atomic E-state index is -0.586. The van der Waals surface area contributed by atoms with Gasteiger partial charge in [0, 0.05) is 18.2 Å². The number of aromatic nitrogens is 1. The molecule has 1 aromatic heterocycles. The van der Waals surface area contributed by atoms with Crippen molar-refractivity contribution in [1.29, 1.82) is 0 Å². The fraction of sp³-hybridized carbons (Fsp3) is 0.263. The molecule has 0 spiro atoms. The zero-order chi connectivity index (χ0) is 18.2. The van der Waals surface area contributed by atoms with Gasteiger partial charge < -0.3 is 18.9 Å². The maximum atomic E-state index is 12.0. The first-order valence-corrected chi connectivity index (χ1v) is 7.65. The van der Waals surface area contributed by atoms with E-state index in [1.807, 2.05) is 24.3 Å². The summed E-state index contributed by atoms with van der Waals surface area (Å²) < 4.78 is 21.1. The first-order valence-electron chi connectivity index (χ1n) is 7.65. The second-order valence-electron chi connectivity index (χ2n) is 5.11. The van der Waals surface area contributed by atoms with Gasteiger partial charge >= 0.3 is 5.97 Å². The topological polar surface area (TPSA) is 66.9 Å². The van der Waals surface area contributed by atoms with Gasteiger partial charge in [-0.25, -0.2) is 9.78 Å². The Morgan fingerprint density at radius 1 is 1.16 bits per heavy atom. The van der Waals surface area contributed by atoms with E-state index in [1.54, 1.807) is 19.3 Å². The Hall–Kier alpha value is -3.02. The number of esters is 1. The van der Waals surface area contributed by atoms with Gasteiger partial charge in [-0.3, -0.25) is 0 Å². The van der Waals surface area contributed by atoms with E-state index < -0.39 is 5.97 Å². The molecule has 1 heterocycles. The predicted octanol–water partition coefficient (Wildman–Crippen LogP) is 3.19. The van der Waals surface area contributed by atoms with Crippen molar-refractivity contribution in [2.45, 2.75) is 13.0 Å². The third kappa shape index (κ3) is 4.50. The van der Waals surface area contributed by atoms with Gasteiger partial charge in [-0.15, -0.1) is 6.58 Å². The SMILES string of the molecule is C=CCc1cc(OCc2ccc(OC)cc2)c(OC)c(C(=O)OC)n1. The second-order valence-corrected chi connectivity index (χ2v) is 5.11. The Labute approximate surface area is 147 Å². The van der Waals surface area contributed by atoms with E-state index in [9.17, 15) is 4.79 Å². The molecule has 0 radical (unpaired) electrons. The van der Waals surface area contributed by atoms with Crippen molar-refractivity contribution in [3.8, 4) is 17.2 Å². The lowest BCUT2D eigenvalue weighted by Gasteiger charge is -2.15. The summed E-state index contributed by atoms with van der Waals surface area (Å²) in [4.78, 5) is 16.3. The van der Waals surface area contributed by atoms with E-state index in [0.717, 1.165) is 11.3 Å². The van der Waals surface area contributed by atoms with Gasteiger partial charge in [0.1, 0.15) is 12.4 Å². The second kappa shape index (κ2) is 8.73. The molecule has 0 N–H and O–H groups in total. The lowest BCUT2D eigenvalue weighted by Crippen LogP contribution is -2.10. The number of allylic oxidation sites excluding steroid dienone is 1. The predicted molar refractivity (Wildman–Crippen MR) is 93.4 cm³/mol. The summed E-state index contributed by atoms with van der Waals surface area (Å²) in [5, 5.41) is 0. The highest BCUT2D eigenvalue weighted by Gasteiger charge is 2.21. The molecular weight excluding hydrogens is 322 g/mol. The molecular formula is C19H21NO5. The highest BCUT2D eigenvalue weighted by Crippen LogP contribution is 2.32. The van der Waals surface area contributed by atoms with Crippen molar-refractivity contribution in [1.82, 2.24) is 4.98 Å². The van der Waals surface area contributed by atoms with Crippen molar-refractivity contribution < 1.29 is 23.7 Å². The van der Waals surface area contributed by atoms with E-state index >= 15 is 0 Å². The summed E-state index contributed by atoms with van der Waals surface area (Å²) >= 11 is 0. The van der Waals surface area contributed by atoms with Crippen molar-refractivity contribution in [3.05, 3.63) is 59.9 Å². The summed E-state index contributed by atoms with van der Waals surface area (Å²) in [5.74, 6) is 0.849. The van der Waals surface area contributed by atoms with Crippen LogP contribution in [0.25, 0.3) is 0 Å². The number of methoxy groups -OCH3 is 3. The maximum Gasteiger partial charge on any atom is 0.360 e. The number of rotatable bonds is 8. The van der Waals surface area contributed by atoms with E-state index in [-0.39, 0.29) is 11.4 Å². The van der Waals surface area contributed by atoms with Gasteiger partial charge in [0.2, 0.25) is 0 Å². The molecule has 6 heteroatoms. The Bertz CT molecular complexity index is 740. The zero-order valence-electron chi connectivity index (χ0n) is 14.6. The molecule has 0 aliphatic carbocycles. The number of hydrogen-bond acceptors (Lipinski definition) is 6. The van der Waals surface area contributed by atoms with Gasteiger partial charge in [0.15, 0.2) is 17.2 Å². The van der Waals surface area contributed by atoms with E-state index in [2.05, 4.69) is 11.6 Å². The molecule has 0 atom stereocenters. The van der Waals surface area contributed by atoms with E-state index in [0.29, 0.717) is 24.5 Å². The van der Waals surface area contributed by atoms with Gasteiger partial charge in [-0.2, -0.15) is 0 Å². The van der Waals surface area contributed by atoms with Gasteiger partial charge in [0.25, 0.3) is 0 Å². The van der Waals surface area contributed by atoms with Crippen molar-refractivity contribution in [2.24, 2.45) is 0 Å². The van der Waals surface area contributed by atoms with Gasteiger partial charge in [-0.05, 0) is 17.7 Å². The van der Waals surface area contributed by atoms with Crippen molar-refractivity contribution >= 4 is 5.97 Å². The zero-order valence-corrected chi connectivity index (χ0v) is 14.6. The average Bonchev–Trinajstić information content (AvgIpc) is 2.65.